The second-order valence-corrected chi connectivity index (χ2v) is 3.13. The number of rotatable bonds is 2. The zero-order valence-corrected chi connectivity index (χ0v) is 7.92. The van der Waals surface area contributed by atoms with E-state index in [1.807, 2.05) is 13.0 Å². The third-order valence-electron chi connectivity index (χ3n) is 2.21. The lowest BCUT2D eigenvalue weighted by Gasteiger charge is -2.00. The second kappa shape index (κ2) is 3.62. The lowest BCUT2D eigenvalue weighted by atomic mass is 10.1. The van der Waals surface area contributed by atoms with Gasteiger partial charge in [0.25, 0.3) is 0 Å². The fraction of sp³-hybridized carbons (Fsp3) is 0.182. The number of H-pyrrole nitrogens is 1. The Morgan fingerprint density at radius 3 is 3.00 bits per heavy atom. The molecule has 0 spiro atoms. The minimum atomic E-state index is -0.223. The summed E-state index contributed by atoms with van der Waals surface area (Å²) in [7, 11) is 0. The summed E-state index contributed by atoms with van der Waals surface area (Å²) in [5.41, 5.74) is 2.86. The van der Waals surface area contributed by atoms with Crippen LogP contribution in [-0.2, 0) is 6.42 Å². The molecule has 0 unspecified atom stereocenters. The number of nitrogens with zero attached hydrogens (tertiary/aromatic N) is 1. The van der Waals surface area contributed by atoms with E-state index in [0.717, 1.165) is 23.2 Å². The van der Waals surface area contributed by atoms with Crippen LogP contribution in [0.1, 0.15) is 12.5 Å². The summed E-state index contributed by atoms with van der Waals surface area (Å²) >= 11 is 0. The van der Waals surface area contributed by atoms with Crippen LogP contribution in [0, 0.1) is 5.82 Å². The maximum absolute atomic E-state index is 13.0. The van der Waals surface area contributed by atoms with E-state index < -0.39 is 0 Å². The summed E-state index contributed by atoms with van der Waals surface area (Å²) in [6.45, 7) is 2.05. The fourth-order valence-electron chi connectivity index (χ4n) is 1.47. The highest BCUT2D eigenvalue weighted by Crippen LogP contribution is 2.21. The lowest BCUT2D eigenvalue weighted by Crippen LogP contribution is -1.85. The van der Waals surface area contributed by atoms with Crippen LogP contribution in [0.25, 0.3) is 11.3 Å². The highest BCUT2D eigenvalue weighted by Gasteiger charge is 2.05. The van der Waals surface area contributed by atoms with Crippen LogP contribution in [0.5, 0.6) is 0 Å². The highest BCUT2D eigenvalue weighted by molar-refractivity contribution is 5.62. The molecule has 3 heteroatoms. The Hall–Kier alpha value is -1.64. The van der Waals surface area contributed by atoms with Crippen molar-refractivity contribution in [3.63, 3.8) is 0 Å². The van der Waals surface area contributed by atoms with Crippen molar-refractivity contribution in [2.45, 2.75) is 13.3 Å². The number of aryl methyl sites for hydroxylation is 1. The summed E-state index contributed by atoms with van der Waals surface area (Å²) in [5, 5.41) is 6.84. The van der Waals surface area contributed by atoms with Crippen LogP contribution in [0.15, 0.2) is 30.5 Å². The lowest BCUT2D eigenvalue weighted by molar-refractivity contribution is 0.628. The molecule has 1 aromatic heterocycles. The summed E-state index contributed by atoms with van der Waals surface area (Å²) < 4.78 is 13.0. The van der Waals surface area contributed by atoms with Crippen LogP contribution >= 0.6 is 0 Å². The zero-order chi connectivity index (χ0) is 9.97. The first-order chi connectivity index (χ1) is 6.81. The van der Waals surface area contributed by atoms with E-state index in [9.17, 15) is 4.39 Å². The molecule has 0 aliphatic heterocycles. The van der Waals surface area contributed by atoms with Gasteiger partial charge in [0, 0.05) is 5.56 Å². The third-order valence-corrected chi connectivity index (χ3v) is 2.21. The molecule has 0 atom stereocenters. The van der Waals surface area contributed by atoms with Crippen LogP contribution in [0.3, 0.4) is 0 Å². The topological polar surface area (TPSA) is 28.7 Å². The Labute approximate surface area is 81.8 Å². The van der Waals surface area contributed by atoms with Gasteiger partial charge >= 0.3 is 0 Å². The molecule has 2 aromatic rings. The van der Waals surface area contributed by atoms with Crippen molar-refractivity contribution in [1.29, 1.82) is 0 Å². The zero-order valence-electron chi connectivity index (χ0n) is 7.92. The van der Waals surface area contributed by atoms with Gasteiger partial charge in [-0.3, -0.25) is 5.10 Å². The molecule has 1 heterocycles. The van der Waals surface area contributed by atoms with Crippen molar-refractivity contribution in [3.8, 4) is 11.3 Å². The summed E-state index contributed by atoms with van der Waals surface area (Å²) in [4.78, 5) is 0. The molecule has 0 saturated carbocycles. The number of halogens is 1. The molecule has 0 aliphatic carbocycles. The van der Waals surface area contributed by atoms with E-state index in [4.69, 9.17) is 0 Å². The van der Waals surface area contributed by atoms with E-state index in [1.54, 1.807) is 12.3 Å². The first-order valence-electron chi connectivity index (χ1n) is 4.59. The third kappa shape index (κ3) is 1.53. The average molecular weight is 190 g/mol. The molecular formula is C11H11FN2. The molecule has 0 saturated heterocycles. The molecule has 0 aliphatic rings. The highest BCUT2D eigenvalue weighted by atomic mass is 19.1. The van der Waals surface area contributed by atoms with Gasteiger partial charge in [-0.25, -0.2) is 4.39 Å². The monoisotopic (exact) mass is 190 g/mol. The quantitative estimate of drug-likeness (QED) is 0.775. The number of nitrogens with one attached hydrogen (secondary N) is 1. The summed E-state index contributed by atoms with van der Waals surface area (Å²) in [6, 6.07) is 6.51. The van der Waals surface area contributed by atoms with Gasteiger partial charge in [-0.05, 0) is 24.1 Å². The van der Waals surface area contributed by atoms with Crippen LogP contribution in [0.2, 0.25) is 0 Å². The summed E-state index contributed by atoms with van der Waals surface area (Å²) in [6.07, 6.45) is 2.67. The van der Waals surface area contributed by atoms with E-state index in [-0.39, 0.29) is 5.82 Å². The first kappa shape index (κ1) is 8.94. The van der Waals surface area contributed by atoms with Gasteiger partial charge in [0.15, 0.2) is 0 Å². The number of hydrogen-bond donors (Lipinski definition) is 1. The van der Waals surface area contributed by atoms with Crippen molar-refractivity contribution in [2.75, 3.05) is 0 Å². The van der Waals surface area contributed by atoms with Gasteiger partial charge in [-0.1, -0.05) is 19.1 Å². The Morgan fingerprint density at radius 2 is 2.29 bits per heavy atom. The molecule has 72 valence electrons. The Morgan fingerprint density at radius 1 is 1.43 bits per heavy atom. The summed E-state index contributed by atoms with van der Waals surface area (Å²) in [5.74, 6) is -0.223. The molecule has 0 fully saturated rings. The van der Waals surface area contributed by atoms with E-state index in [1.165, 1.54) is 12.1 Å². The van der Waals surface area contributed by atoms with Crippen molar-refractivity contribution in [2.24, 2.45) is 0 Å². The molecule has 0 radical (unpaired) electrons. The van der Waals surface area contributed by atoms with Gasteiger partial charge in [0.05, 0.1) is 11.9 Å². The predicted molar refractivity (Wildman–Crippen MR) is 53.4 cm³/mol. The molecular weight excluding hydrogens is 179 g/mol. The maximum Gasteiger partial charge on any atom is 0.123 e. The van der Waals surface area contributed by atoms with Crippen molar-refractivity contribution in [1.82, 2.24) is 10.2 Å². The first-order valence-corrected chi connectivity index (χ1v) is 4.59. The number of aromatic nitrogens is 2. The molecule has 1 aromatic carbocycles. The number of benzene rings is 1. The fourth-order valence-corrected chi connectivity index (χ4v) is 1.47. The van der Waals surface area contributed by atoms with Crippen molar-refractivity contribution < 1.29 is 4.39 Å². The second-order valence-electron chi connectivity index (χ2n) is 3.13. The Bertz CT molecular complexity index is 434. The van der Waals surface area contributed by atoms with Gasteiger partial charge in [-0.2, -0.15) is 5.10 Å². The molecule has 2 nitrogen and oxygen atoms in total. The molecule has 2 rings (SSSR count). The Balaban J connectivity index is 2.49. The molecule has 0 amide bonds. The Kier molecular flexibility index (Phi) is 2.31. The largest absolute Gasteiger partial charge is 0.278 e. The van der Waals surface area contributed by atoms with E-state index in [0.29, 0.717) is 0 Å². The standard InChI is InChI=1S/C11H11FN2/c1-2-8-7-13-14-11(8)9-4-3-5-10(12)6-9/h3-7H,2H2,1H3,(H,13,14). The average Bonchev–Trinajstić information content (AvgIpc) is 2.65. The maximum atomic E-state index is 13.0. The number of hydrogen-bond acceptors (Lipinski definition) is 1. The predicted octanol–water partition coefficient (Wildman–Crippen LogP) is 2.78. The van der Waals surface area contributed by atoms with Crippen LogP contribution in [0.4, 0.5) is 4.39 Å². The van der Waals surface area contributed by atoms with Gasteiger partial charge in [0.2, 0.25) is 0 Å². The van der Waals surface area contributed by atoms with Crippen LogP contribution in [-0.4, -0.2) is 10.2 Å². The normalized spacial score (nSPS) is 10.4. The molecule has 0 bridgehead atoms. The minimum Gasteiger partial charge on any atom is -0.278 e. The van der Waals surface area contributed by atoms with Crippen LogP contribution < -0.4 is 0 Å². The van der Waals surface area contributed by atoms with Gasteiger partial charge < -0.3 is 0 Å². The minimum absolute atomic E-state index is 0.223. The molecule has 14 heavy (non-hydrogen) atoms. The van der Waals surface area contributed by atoms with Crippen molar-refractivity contribution >= 4 is 0 Å². The van der Waals surface area contributed by atoms with E-state index in [2.05, 4.69) is 10.2 Å². The SMILES string of the molecule is CCc1cn[nH]c1-c1cccc(F)c1. The smallest absolute Gasteiger partial charge is 0.123 e. The number of aromatic amines is 1. The van der Waals surface area contributed by atoms with Gasteiger partial charge in [0.1, 0.15) is 5.82 Å². The molecule has 1 N–H and O–H groups in total. The van der Waals surface area contributed by atoms with Gasteiger partial charge in [-0.15, -0.1) is 0 Å². The van der Waals surface area contributed by atoms with E-state index >= 15 is 0 Å². The van der Waals surface area contributed by atoms with Crippen molar-refractivity contribution in [3.05, 3.63) is 41.8 Å².